The lowest BCUT2D eigenvalue weighted by Gasteiger charge is -2.29. The Balaban J connectivity index is 1.69. The van der Waals surface area contributed by atoms with Crippen molar-refractivity contribution in [3.05, 3.63) is 23.4 Å². The first-order valence-corrected chi connectivity index (χ1v) is 8.13. The van der Waals surface area contributed by atoms with Crippen molar-refractivity contribution in [3.63, 3.8) is 0 Å². The van der Waals surface area contributed by atoms with E-state index in [1.54, 1.807) is 6.33 Å². The summed E-state index contributed by atoms with van der Waals surface area (Å²) in [5, 5.41) is 16.2. The molecule has 1 saturated heterocycles. The monoisotopic (exact) mass is 319 g/mol. The summed E-state index contributed by atoms with van der Waals surface area (Å²) in [5.41, 5.74) is 2.32. The highest BCUT2D eigenvalue weighted by molar-refractivity contribution is 5.50. The molecule has 0 aliphatic carbocycles. The van der Waals surface area contributed by atoms with Crippen molar-refractivity contribution in [1.29, 1.82) is 0 Å². The van der Waals surface area contributed by atoms with E-state index in [9.17, 15) is 0 Å². The number of hydrogen-bond acceptors (Lipinski definition) is 6. The highest BCUT2D eigenvalue weighted by Gasteiger charge is 2.21. The molecule has 0 amide bonds. The molecule has 8 nitrogen and oxygen atoms in total. The van der Waals surface area contributed by atoms with Crippen molar-refractivity contribution in [2.24, 2.45) is 7.05 Å². The summed E-state index contributed by atoms with van der Waals surface area (Å²) < 4.78 is 9.48. The molecule has 126 valence electrons. The van der Waals surface area contributed by atoms with Crippen LogP contribution in [0.2, 0.25) is 0 Å². The van der Waals surface area contributed by atoms with Gasteiger partial charge in [-0.25, -0.2) is 0 Å². The van der Waals surface area contributed by atoms with Gasteiger partial charge in [-0.1, -0.05) is 0 Å². The molecule has 8 heteroatoms. The van der Waals surface area contributed by atoms with Gasteiger partial charge >= 0.3 is 0 Å². The predicted octanol–water partition coefficient (Wildman–Crippen LogP) is 0.466. The minimum absolute atomic E-state index is 0.699. The SMILES string of the molecule is CCn1cnnc1CNCc1c(C)nn(C)c1N1CCOCC1. The molecule has 0 radical (unpaired) electrons. The van der Waals surface area contributed by atoms with Crippen LogP contribution in [0.4, 0.5) is 5.82 Å². The molecule has 1 N–H and O–H groups in total. The van der Waals surface area contributed by atoms with Crippen LogP contribution in [0.15, 0.2) is 6.33 Å². The minimum Gasteiger partial charge on any atom is -0.378 e. The topological polar surface area (TPSA) is 73.0 Å². The predicted molar refractivity (Wildman–Crippen MR) is 87.2 cm³/mol. The van der Waals surface area contributed by atoms with Gasteiger partial charge in [0.1, 0.15) is 18.0 Å². The largest absolute Gasteiger partial charge is 0.378 e. The second-order valence-electron chi connectivity index (χ2n) is 5.75. The Morgan fingerprint density at radius 3 is 2.78 bits per heavy atom. The lowest BCUT2D eigenvalue weighted by Crippen LogP contribution is -2.38. The second kappa shape index (κ2) is 7.10. The number of hydrogen-bond donors (Lipinski definition) is 1. The minimum atomic E-state index is 0.699. The highest BCUT2D eigenvalue weighted by atomic mass is 16.5. The molecule has 0 spiro atoms. The van der Waals surface area contributed by atoms with Crippen molar-refractivity contribution in [3.8, 4) is 0 Å². The first-order valence-electron chi connectivity index (χ1n) is 8.13. The van der Waals surface area contributed by atoms with Gasteiger partial charge in [0.25, 0.3) is 0 Å². The molecule has 2 aromatic heterocycles. The average Bonchev–Trinajstić information content (AvgIpc) is 3.12. The normalized spacial score (nSPS) is 15.3. The van der Waals surface area contributed by atoms with Gasteiger partial charge in [-0.2, -0.15) is 5.10 Å². The maximum atomic E-state index is 5.46. The number of aromatic nitrogens is 5. The smallest absolute Gasteiger partial charge is 0.146 e. The molecule has 3 heterocycles. The Hall–Kier alpha value is -1.93. The van der Waals surface area contributed by atoms with Crippen molar-refractivity contribution in [2.45, 2.75) is 33.5 Å². The summed E-state index contributed by atoms with van der Waals surface area (Å²) in [7, 11) is 2.01. The van der Waals surface area contributed by atoms with Crippen LogP contribution in [-0.4, -0.2) is 50.8 Å². The summed E-state index contributed by atoms with van der Waals surface area (Å²) in [6.45, 7) is 9.88. The first kappa shape index (κ1) is 15.9. The fourth-order valence-electron chi connectivity index (χ4n) is 3.05. The molecular weight excluding hydrogens is 294 g/mol. The summed E-state index contributed by atoms with van der Waals surface area (Å²) in [5.74, 6) is 2.15. The number of aryl methyl sites for hydroxylation is 3. The van der Waals surface area contributed by atoms with Gasteiger partial charge in [-0.15, -0.1) is 10.2 Å². The number of rotatable bonds is 6. The Bertz CT molecular complexity index is 642. The van der Waals surface area contributed by atoms with E-state index in [1.165, 1.54) is 11.4 Å². The Labute approximate surface area is 136 Å². The maximum absolute atomic E-state index is 5.46. The summed E-state index contributed by atoms with van der Waals surface area (Å²) in [4.78, 5) is 2.36. The van der Waals surface area contributed by atoms with E-state index >= 15 is 0 Å². The van der Waals surface area contributed by atoms with Crippen molar-refractivity contribution in [1.82, 2.24) is 29.9 Å². The van der Waals surface area contributed by atoms with E-state index in [0.29, 0.717) is 6.54 Å². The van der Waals surface area contributed by atoms with Crippen LogP contribution in [0.1, 0.15) is 24.0 Å². The number of nitrogens with one attached hydrogen (secondary N) is 1. The number of ether oxygens (including phenoxy) is 1. The van der Waals surface area contributed by atoms with Crippen LogP contribution in [0.3, 0.4) is 0 Å². The van der Waals surface area contributed by atoms with E-state index in [-0.39, 0.29) is 0 Å². The van der Waals surface area contributed by atoms with Crippen LogP contribution in [0, 0.1) is 6.92 Å². The van der Waals surface area contributed by atoms with Crippen LogP contribution in [0.25, 0.3) is 0 Å². The molecule has 0 atom stereocenters. The molecule has 23 heavy (non-hydrogen) atoms. The molecule has 2 aromatic rings. The third-order valence-corrected chi connectivity index (χ3v) is 4.25. The van der Waals surface area contributed by atoms with Crippen molar-refractivity contribution >= 4 is 5.82 Å². The molecule has 0 unspecified atom stereocenters. The molecule has 0 aromatic carbocycles. The fourth-order valence-corrected chi connectivity index (χ4v) is 3.05. The van der Waals surface area contributed by atoms with Crippen molar-refractivity contribution < 1.29 is 4.74 Å². The zero-order valence-electron chi connectivity index (χ0n) is 14.1. The molecule has 0 saturated carbocycles. The Morgan fingerprint density at radius 2 is 2.04 bits per heavy atom. The van der Waals surface area contributed by atoms with Gasteiger partial charge in [0.2, 0.25) is 0 Å². The van der Waals surface area contributed by atoms with Gasteiger partial charge in [0, 0.05) is 38.8 Å². The second-order valence-corrected chi connectivity index (χ2v) is 5.75. The molecule has 3 rings (SSSR count). The summed E-state index contributed by atoms with van der Waals surface area (Å²) in [6, 6.07) is 0. The Morgan fingerprint density at radius 1 is 1.26 bits per heavy atom. The lowest BCUT2D eigenvalue weighted by atomic mass is 10.2. The molecular formula is C15H25N7O. The van der Waals surface area contributed by atoms with E-state index in [4.69, 9.17) is 4.74 Å². The van der Waals surface area contributed by atoms with Crippen molar-refractivity contribution in [2.75, 3.05) is 31.2 Å². The highest BCUT2D eigenvalue weighted by Crippen LogP contribution is 2.24. The van der Waals surface area contributed by atoms with Gasteiger partial charge < -0.3 is 19.5 Å². The number of anilines is 1. The summed E-state index contributed by atoms with van der Waals surface area (Å²) >= 11 is 0. The molecule has 1 fully saturated rings. The van der Waals surface area contributed by atoms with Gasteiger partial charge in [0.05, 0.1) is 25.5 Å². The Kier molecular flexibility index (Phi) is 4.92. The van der Waals surface area contributed by atoms with Crippen LogP contribution in [0.5, 0.6) is 0 Å². The molecule has 1 aliphatic heterocycles. The number of nitrogens with zero attached hydrogens (tertiary/aromatic N) is 6. The standard InChI is InChI=1S/C15H25N7O/c1-4-21-11-17-18-14(21)10-16-9-13-12(2)19-20(3)15(13)22-5-7-23-8-6-22/h11,16H,4-10H2,1-3H3. The van der Waals surface area contributed by atoms with E-state index in [1.807, 2.05) is 16.3 Å². The zero-order chi connectivity index (χ0) is 16.2. The quantitative estimate of drug-likeness (QED) is 0.834. The zero-order valence-corrected chi connectivity index (χ0v) is 14.1. The third kappa shape index (κ3) is 3.37. The van der Waals surface area contributed by atoms with E-state index < -0.39 is 0 Å². The molecule has 1 aliphatic rings. The van der Waals surface area contributed by atoms with E-state index in [0.717, 1.165) is 50.9 Å². The van der Waals surface area contributed by atoms with Crippen LogP contribution < -0.4 is 10.2 Å². The maximum Gasteiger partial charge on any atom is 0.146 e. The number of morpholine rings is 1. The fraction of sp³-hybridized carbons (Fsp3) is 0.667. The van der Waals surface area contributed by atoms with Crippen LogP contribution >= 0.6 is 0 Å². The van der Waals surface area contributed by atoms with Crippen LogP contribution in [-0.2, 0) is 31.4 Å². The van der Waals surface area contributed by atoms with E-state index in [2.05, 4.69) is 39.4 Å². The molecule has 0 bridgehead atoms. The lowest BCUT2D eigenvalue weighted by molar-refractivity contribution is 0.122. The third-order valence-electron chi connectivity index (χ3n) is 4.25. The summed E-state index contributed by atoms with van der Waals surface area (Å²) in [6.07, 6.45) is 1.77. The first-order chi connectivity index (χ1) is 11.2. The van der Waals surface area contributed by atoms with Gasteiger partial charge in [0.15, 0.2) is 0 Å². The van der Waals surface area contributed by atoms with Gasteiger partial charge in [-0.3, -0.25) is 4.68 Å². The average molecular weight is 319 g/mol. The van der Waals surface area contributed by atoms with Gasteiger partial charge in [-0.05, 0) is 13.8 Å².